The molecule has 3 rings (SSSR count). The van der Waals surface area contributed by atoms with Gasteiger partial charge >= 0.3 is 0 Å². The van der Waals surface area contributed by atoms with Crippen LogP contribution in [-0.2, 0) is 15.3 Å². The predicted octanol–water partition coefficient (Wildman–Crippen LogP) is 2.63. The number of rotatable bonds is 4. The fourth-order valence-electron chi connectivity index (χ4n) is 2.34. The van der Waals surface area contributed by atoms with Gasteiger partial charge in [0.15, 0.2) is 17.3 Å². The summed E-state index contributed by atoms with van der Waals surface area (Å²) in [6.07, 6.45) is 1.59. The molecule has 5 heteroatoms. The maximum Gasteiger partial charge on any atom is 0.231 e. The van der Waals surface area contributed by atoms with Gasteiger partial charge in [0.25, 0.3) is 0 Å². The molecule has 1 fully saturated rings. The Labute approximate surface area is 111 Å². The van der Waals surface area contributed by atoms with E-state index in [1.165, 1.54) is 0 Å². The Bertz CT molecular complexity index is 429. The van der Waals surface area contributed by atoms with E-state index in [-0.39, 0.29) is 6.79 Å². The van der Waals surface area contributed by atoms with E-state index in [0.29, 0.717) is 19.1 Å². The lowest BCUT2D eigenvalue weighted by Gasteiger charge is -2.27. The highest BCUT2D eigenvalue weighted by atomic mass is 35.5. The first-order valence-electron chi connectivity index (χ1n) is 6.08. The minimum atomic E-state index is -0.671. The second-order valence-corrected chi connectivity index (χ2v) is 4.69. The summed E-state index contributed by atoms with van der Waals surface area (Å²) in [6, 6.07) is 5.79. The summed E-state index contributed by atoms with van der Waals surface area (Å²) in [6.45, 7) is 1.49. The van der Waals surface area contributed by atoms with E-state index in [1.807, 2.05) is 18.2 Å². The second kappa shape index (κ2) is 4.96. The Hall–Kier alpha value is -0.970. The topological polar surface area (TPSA) is 36.9 Å². The van der Waals surface area contributed by atoms with E-state index in [4.69, 9.17) is 30.5 Å². The molecule has 0 aliphatic carbocycles. The number of benzene rings is 1. The lowest BCUT2D eigenvalue weighted by Crippen LogP contribution is -2.27. The van der Waals surface area contributed by atoms with Gasteiger partial charge in [-0.2, -0.15) is 0 Å². The van der Waals surface area contributed by atoms with Crippen LogP contribution in [0, 0.1) is 0 Å². The van der Waals surface area contributed by atoms with Crippen LogP contribution in [0.15, 0.2) is 18.2 Å². The van der Waals surface area contributed by atoms with Crippen molar-refractivity contribution in [3.05, 3.63) is 23.8 Å². The maximum atomic E-state index is 5.81. The highest BCUT2D eigenvalue weighted by molar-refractivity contribution is 6.17. The monoisotopic (exact) mass is 270 g/mol. The van der Waals surface area contributed by atoms with Gasteiger partial charge in [-0.3, -0.25) is 0 Å². The second-order valence-electron chi connectivity index (χ2n) is 4.31. The zero-order valence-electron chi connectivity index (χ0n) is 9.99. The van der Waals surface area contributed by atoms with Gasteiger partial charge in [0.05, 0.1) is 13.2 Å². The third kappa shape index (κ3) is 2.05. The summed E-state index contributed by atoms with van der Waals surface area (Å²) >= 11 is 5.77. The molecule has 98 valence electrons. The lowest BCUT2D eigenvalue weighted by molar-refractivity contribution is -0.170. The van der Waals surface area contributed by atoms with E-state index < -0.39 is 5.79 Å². The first-order valence-corrected chi connectivity index (χ1v) is 6.61. The first-order chi connectivity index (χ1) is 8.84. The molecule has 1 aromatic rings. The van der Waals surface area contributed by atoms with E-state index in [9.17, 15) is 0 Å². The molecule has 0 spiro atoms. The predicted molar refractivity (Wildman–Crippen MR) is 66.1 cm³/mol. The SMILES string of the molecule is ClCCCC1(c2ccc3c(c2)OCO3)OCCO1. The largest absolute Gasteiger partial charge is 0.454 e. The molecule has 2 aliphatic heterocycles. The van der Waals surface area contributed by atoms with Crippen molar-refractivity contribution in [1.82, 2.24) is 0 Å². The van der Waals surface area contributed by atoms with Crippen molar-refractivity contribution in [2.45, 2.75) is 18.6 Å². The summed E-state index contributed by atoms with van der Waals surface area (Å²) in [5.74, 6) is 1.44. The average Bonchev–Trinajstić information content (AvgIpc) is 3.05. The molecule has 1 aromatic carbocycles. The molecule has 0 radical (unpaired) electrons. The van der Waals surface area contributed by atoms with Crippen LogP contribution in [0.4, 0.5) is 0 Å². The fourth-order valence-corrected chi connectivity index (χ4v) is 2.48. The number of hydrogen-bond acceptors (Lipinski definition) is 4. The number of halogens is 1. The van der Waals surface area contributed by atoms with Gasteiger partial charge in [0, 0.05) is 17.9 Å². The van der Waals surface area contributed by atoms with Crippen LogP contribution in [0.1, 0.15) is 18.4 Å². The molecular formula is C13H15ClO4. The minimum absolute atomic E-state index is 0.273. The average molecular weight is 271 g/mol. The summed E-state index contributed by atoms with van der Waals surface area (Å²) < 4.78 is 22.3. The van der Waals surface area contributed by atoms with Crippen molar-refractivity contribution in [2.75, 3.05) is 25.9 Å². The molecule has 2 heterocycles. The number of alkyl halides is 1. The molecule has 4 nitrogen and oxygen atoms in total. The maximum absolute atomic E-state index is 5.81. The zero-order chi connectivity index (χ0) is 12.4. The minimum Gasteiger partial charge on any atom is -0.454 e. The van der Waals surface area contributed by atoms with Crippen LogP contribution in [0.3, 0.4) is 0 Å². The molecule has 0 N–H and O–H groups in total. The Morgan fingerprint density at radius 2 is 1.89 bits per heavy atom. The Kier molecular flexibility index (Phi) is 3.33. The molecule has 2 aliphatic rings. The van der Waals surface area contributed by atoms with Gasteiger partial charge in [0.1, 0.15) is 0 Å². The van der Waals surface area contributed by atoms with E-state index in [0.717, 1.165) is 29.9 Å². The molecule has 0 bridgehead atoms. The Morgan fingerprint density at radius 1 is 1.11 bits per heavy atom. The zero-order valence-corrected chi connectivity index (χ0v) is 10.7. The van der Waals surface area contributed by atoms with Gasteiger partial charge in [0.2, 0.25) is 6.79 Å². The van der Waals surface area contributed by atoms with Crippen molar-refractivity contribution < 1.29 is 18.9 Å². The van der Waals surface area contributed by atoms with Crippen LogP contribution in [0.5, 0.6) is 11.5 Å². The van der Waals surface area contributed by atoms with Crippen LogP contribution in [0.25, 0.3) is 0 Å². The number of ether oxygens (including phenoxy) is 4. The molecule has 1 saturated heterocycles. The van der Waals surface area contributed by atoms with Crippen LogP contribution in [-0.4, -0.2) is 25.9 Å². The Balaban J connectivity index is 1.90. The van der Waals surface area contributed by atoms with Gasteiger partial charge < -0.3 is 18.9 Å². The normalized spacial score (nSPS) is 20.3. The molecule has 0 amide bonds. The van der Waals surface area contributed by atoms with Crippen molar-refractivity contribution in [3.8, 4) is 11.5 Å². The van der Waals surface area contributed by atoms with Crippen molar-refractivity contribution in [1.29, 1.82) is 0 Å². The number of fused-ring (bicyclic) bond motifs is 1. The Morgan fingerprint density at radius 3 is 2.67 bits per heavy atom. The molecular weight excluding hydrogens is 256 g/mol. The van der Waals surface area contributed by atoms with Crippen molar-refractivity contribution in [2.24, 2.45) is 0 Å². The van der Waals surface area contributed by atoms with Gasteiger partial charge in [-0.25, -0.2) is 0 Å². The van der Waals surface area contributed by atoms with Gasteiger partial charge in [-0.15, -0.1) is 11.6 Å². The molecule has 0 unspecified atom stereocenters. The first kappa shape index (κ1) is 12.1. The summed E-state index contributed by atoms with van der Waals surface area (Å²) in [4.78, 5) is 0. The van der Waals surface area contributed by atoms with Crippen LogP contribution in [0.2, 0.25) is 0 Å². The fraction of sp³-hybridized carbons (Fsp3) is 0.538. The van der Waals surface area contributed by atoms with E-state index >= 15 is 0 Å². The van der Waals surface area contributed by atoms with Crippen LogP contribution >= 0.6 is 11.6 Å². The smallest absolute Gasteiger partial charge is 0.231 e. The molecule has 0 aromatic heterocycles. The van der Waals surface area contributed by atoms with Crippen LogP contribution < -0.4 is 9.47 Å². The third-order valence-electron chi connectivity index (χ3n) is 3.21. The quantitative estimate of drug-likeness (QED) is 0.788. The van der Waals surface area contributed by atoms with Crippen molar-refractivity contribution >= 4 is 11.6 Å². The highest BCUT2D eigenvalue weighted by Gasteiger charge is 2.38. The lowest BCUT2D eigenvalue weighted by atomic mass is 10.0. The van der Waals surface area contributed by atoms with Gasteiger partial charge in [-0.1, -0.05) is 0 Å². The van der Waals surface area contributed by atoms with Crippen molar-refractivity contribution in [3.63, 3.8) is 0 Å². The number of hydrogen-bond donors (Lipinski definition) is 0. The standard InChI is InChI=1S/C13H15ClO4/c14-5-1-4-13(17-6-7-18-13)10-2-3-11-12(8-10)16-9-15-11/h2-3,8H,1,4-7,9H2. The summed E-state index contributed by atoms with van der Waals surface area (Å²) in [5.41, 5.74) is 0.967. The third-order valence-corrected chi connectivity index (χ3v) is 3.47. The van der Waals surface area contributed by atoms with E-state index in [2.05, 4.69) is 0 Å². The molecule has 0 atom stereocenters. The molecule has 18 heavy (non-hydrogen) atoms. The van der Waals surface area contributed by atoms with Gasteiger partial charge in [-0.05, 0) is 24.6 Å². The summed E-state index contributed by atoms with van der Waals surface area (Å²) in [7, 11) is 0. The molecule has 0 saturated carbocycles. The summed E-state index contributed by atoms with van der Waals surface area (Å²) in [5, 5.41) is 0. The van der Waals surface area contributed by atoms with E-state index in [1.54, 1.807) is 0 Å². The highest BCUT2D eigenvalue weighted by Crippen LogP contribution is 2.41.